The molecule has 5 fully saturated rings. The monoisotopic (exact) mass is 561 g/mol. The van der Waals surface area contributed by atoms with Crippen molar-refractivity contribution in [3.63, 3.8) is 0 Å². The van der Waals surface area contributed by atoms with Crippen LogP contribution >= 0.6 is 0 Å². The smallest absolute Gasteiger partial charge is 0.256 e. The number of ketones is 1. The standard InChI is InChI=1S/C30H48FN5O4/c1-20(2)34-10-12-35(13-11-34)27-23(31)18-21-26-29(27)40-25-7-4-3-6-24(25)36(26)19-22(28(21)37)30(38)32-8-5-9-33-14-16-39-17-15-33/h19-21,23-27,29H,3-18H2,1-2H3,(H,32,38). The van der Waals surface area contributed by atoms with Crippen LogP contribution in [0, 0.1) is 5.92 Å². The number of carbonyl (C=O) groups excluding carboxylic acids is 2. The molecule has 6 aliphatic rings. The minimum atomic E-state index is -1.15. The highest BCUT2D eigenvalue weighted by Gasteiger charge is 2.59. The van der Waals surface area contributed by atoms with E-state index in [0.717, 1.165) is 91.1 Å². The first-order chi connectivity index (χ1) is 19.4. The maximum Gasteiger partial charge on any atom is 0.256 e. The molecule has 10 heteroatoms. The molecule has 4 heterocycles. The largest absolute Gasteiger partial charge is 0.379 e. The van der Waals surface area contributed by atoms with Gasteiger partial charge in [-0.3, -0.25) is 24.3 Å². The van der Waals surface area contributed by atoms with E-state index in [0.29, 0.717) is 12.6 Å². The van der Waals surface area contributed by atoms with E-state index in [1.807, 2.05) is 6.20 Å². The Morgan fingerprint density at radius 3 is 2.58 bits per heavy atom. The van der Waals surface area contributed by atoms with Gasteiger partial charge >= 0.3 is 0 Å². The minimum Gasteiger partial charge on any atom is -0.379 e. The number of rotatable bonds is 7. The molecular formula is C30H48FN5O4. The second-order valence-electron chi connectivity index (χ2n) is 12.9. The second-order valence-corrected chi connectivity index (χ2v) is 12.9. The molecule has 2 saturated carbocycles. The fourth-order valence-electron chi connectivity index (χ4n) is 8.14. The van der Waals surface area contributed by atoms with Crippen LogP contribution in [0.1, 0.15) is 52.4 Å². The molecule has 1 amide bonds. The number of carbonyl (C=O) groups is 2. The number of alkyl halides is 1. The van der Waals surface area contributed by atoms with Crippen molar-refractivity contribution in [2.75, 3.05) is 65.6 Å². The molecular weight excluding hydrogens is 513 g/mol. The molecule has 0 aromatic heterocycles. The molecule has 7 atom stereocenters. The maximum atomic E-state index is 16.2. The molecule has 224 valence electrons. The van der Waals surface area contributed by atoms with Crippen LogP contribution < -0.4 is 5.32 Å². The van der Waals surface area contributed by atoms with Gasteiger partial charge in [-0.1, -0.05) is 12.8 Å². The summed E-state index contributed by atoms with van der Waals surface area (Å²) in [6, 6.07) is 0.0698. The number of ether oxygens (including phenoxy) is 2. The first-order valence-corrected chi connectivity index (χ1v) is 15.8. The molecule has 40 heavy (non-hydrogen) atoms. The summed E-state index contributed by atoms with van der Waals surface area (Å²) in [5.74, 6) is -1.07. The molecule has 3 saturated heterocycles. The zero-order valence-corrected chi connectivity index (χ0v) is 24.3. The molecule has 0 radical (unpaired) electrons. The molecule has 0 bridgehead atoms. The number of halogens is 1. The van der Waals surface area contributed by atoms with Crippen LogP contribution in [-0.4, -0.2) is 139 Å². The number of amides is 1. The van der Waals surface area contributed by atoms with Crippen LogP contribution in [-0.2, 0) is 19.1 Å². The van der Waals surface area contributed by atoms with Crippen LogP contribution in [0.15, 0.2) is 11.8 Å². The summed E-state index contributed by atoms with van der Waals surface area (Å²) in [6.07, 6.45) is 5.47. The number of morpholine rings is 2. The van der Waals surface area contributed by atoms with Crippen molar-refractivity contribution in [2.24, 2.45) is 5.92 Å². The van der Waals surface area contributed by atoms with E-state index in [1.54, 1.807) is 0 Å². The zero-order chi connectivity index (χ0) is 27.8. The fraction of sp³-hybridized carbons (Fsp3) is 0.867. The van der Waals surface area contributed by atoms with Gasteiger partial charge in [-0.15, -0.1) is 0 Å². The van der Waals surface area contributed by atoms with Crippen molar-refractivity contribution in [1.29, 1.82) is 0 Å². The van der Waals surface area contributed by atoms with Gasteiger partial charge in [0.05, 0.1) is 49.1 Å². The summed E-state index contributed by atoms with van der Waals surface area (Å²) in [7, 11) is 0. The number of piperazine rings is 1. The van der Waals surface area contributed by atoms with Crippen LogP contribution in [0.5, 0.6) is 0 Å². The number of nitrogens with zero attached hydrogens (tertiary/aromatic N) is 4. The summed E-state index contributed by atoms with van der Waals surface area (Å²) >= 11 is 0. The lowest BCUT2D eigenvalue weighted by Crippen LogP contribution is -2.74. The van der Waals surface area contributed by atoms with Gasteiger partial charge in [0, 0.05) is 64.0 Å². The van der Waals surface area contributed by atoms with Crippen LogP contribution in [0.3, 0.4) is 0 Å². The Kier molecular flexibility index (Phi) is 8.80. The van der Waals surface area contributed by atoms with Crippen LogP contribution in [0.4, 0.5) is 4.39 Å². The molecule has 1 N–H and O–H groups in total. The van der Waals surface area contributed by atoms with Crippen LogP contribution in [0.25, 0.3) is 0 Å². The van der Waals surface area contributed by atoms with Gasteiger partial charge in [0.1, 0.15) is 6.17 Å². The molecule has 0 aromatic rings. The highest BCUT2D eigenvalue weighted by molar-refractivity contribution is 6.20. The summed E-state index contributed by atoms with van der Waals surface area (Å²) in [6.45, 7) is 12.7. The Morgan fingerprint density at radius 1 is 1.07 bits per heavy atom. The molecule has 0 aromatic carbocycles. The van der Waals surface area contributed by atoms with Crippen molar-refractivity contribution >= 4 is 11.7 Å². The number of nitrogens with one attached hydrogen (secondary N) is 1. The van der Waals surface area contributed by atoms with Gasteiger partial charge in [0.2, 0.25) is 0 Å². The summed E-state index contributed by atoms with van der Waals surface area (Å²) in [5, 5.41) is 3.00. The minimum absolute atomic E-state index is 0.0164. The van der Waals surface area contributed by atoms with Crippen molar-refractivity contribution in [3.8, 4) is 0 Å². The quantitative estimate of drug-likeness (QED) is 0.370. The molecule has 0 spiro atoms. The molecule has 4 aliphatic heterocycles. The molecule has 6 rings (SSSR count). The highest BCUT2D eigenvalue weighted by Crippen LogP contribution is 2.46. The van der Waals surface area contributed by atoms with Gasteiger partial charge in [0.25, 0.3) is 5.91 Å². The van der Waals surface area contributed by atoms with E-state index < -0.39 is 12.1 Å². The Hall–Kier alpha value is -1.59. The Labute approximate surface area is 238 Å². The Morgan fingerprint density at radius 2 is 1.82 bits per heavy atom. The van der Waals surface area contributed by atoms with Gasteiger partial charge in [-0.05, 0) is 46.1 Å². The van der Waals surface area contributed by atoms with Crippen molar-refractivity contribution in [2.45, 2.75) is 94.9 Å². The lowest BCUT2D eigenvalue weighted by molar-refractivity contribution is -0.213. The third kappa shape index (κ3) is 5.59. The number of hydrogen-bond donors (Lipinski definition) is 1. The lowest BCUT2D eigenvalue weighted by Gasteiger charge is -2.60. The number of hydrogen-bond acceptors (Lipinski definition) is 8. The first kappa shape index (κ1) is 28.5. The average Bonchev–Trinajstić information content (AvgIpc) is 2.97. The number of Topliss-reactive ketones (excluding diaryl/α,β-unsaturated/α-hetero) is 1. The summed E-state index contributed by atoms with van der Waals surface area (Å²) < 4.78 is 28.4. The van der Waals surface area contributed by atoms with Crippen LogP contribution in [0.2, 0.25) is 0 Å². The van der Waals surface area contributed by atoms with E-state index in [1.165, 1.54) is 0 Å². The van der Waals surface area contributed by atoms with E-state index in [-0.39, 0.29) is 54.0 Å². The predicted octanol–water partition coefficient (Wildman–Crippen LogP) is 1.42. The maximum absolute atomic E-state index is 16.2. The van der Waals surface area contributed by atoms with E-state index in [2.05, 4.69) is 38.8 Å². The Balaban J connectivity index is 1.18. The Bertz CT molecular complexity index is 950. The third-order valence-corrected chi connectivity index (χ3v) is 10.3. The van der Waals surface area contributed by atoms with Gasteiger partial charge in [-0.2, -0.15) is 0 Å². The highest BCUT2D eigenvalue weighted by atomic mass is 19.1. The first-order valence-electron chi connectivity index (χ1n) is 15.8. The molecule has 2 aliphatic carbocycles. The normalized spacial score (nSPS) is 37.6. The molecule has 7 unspecified atom stereocenters. The lowest BCUT2D eigenvalue weighted by atomic mass is 9.69. The summed E-state index contributed by atoms with van der Waals surface area (Å²) in [4.78, 5) is 36.5. The van der Waals surface area contributed by atoms with Crippen molar-refractivity contribution < 1.29 is 23.5 Å². The van der Waals surface area contributed by atoms with E-state index in [9.17, 15) is 9.59 Å². The van der Waals surface area contributed by atoms with Crippen molar-refractivity contribution in [3.05, 3.63) is 11.8 Å². The average molecular weight is 562 g/mol. The van der Waals surface area contributed by atoms with E-state index in [4.69, 9.17) is 9.47 Å². The zero-order valence-electron chi connectivity index (χ0n) is 24.3. The molecule has 9 nitrogen and oxygen atoms in total. The van der Waals surface area contributed by atoms with Gasteiger partial charge in [-0.25, -0.2) is 4.39 Å². The summed E-state index contributed by atoms with van der Waals surface area (Å²) in [5.41, 5.74) is 0.203. The third-order valence-electron chi connectivity index (χ3n) is 10.3. The van der Waals surface area contributed by atoms with Gasteiger partial charge < -0.3 is 19.7 Å². The van der Waals surface area contributed by atoms with Crippen molar-refractivity contribution in [1.82, 2.24) is 24.9 Å². The second kappa shape index (κ2) is 12.3. The van der Waals surface area contributed by atoms with E-state index >= 15 is 4.39 Å². The topological polar surface area (TPSA) is 77.6 Å². The fourth-order valence-corrected chi connectivity index (χ4v) is 8.14. The number of fused-ring (bicyclic) bond motifs is 2. The van der Waals surface area contributed by atoms with Gasteiger partial charge in [0.15, 0.2) is 5.78 Å². The SMILES string of the molecule is CC(C)N1CCN(C2C(F)CC3C(=O)C(C(=O)NCCCN4CCOCC4)=CN4C5CCCCC5OC2C34)CC1. The predicted molar refractivity (Wildman–Crippen MR) is 150 cm³/mol.